The maximum Gasteiger partial charge on any atom is 0.261 e. The molecule has 2 aliphatic heterocycles. The Morgan fingerprint density at radius 3 is 2.65 bits per heavy atom. The highest BCUT2D eigenvalue weighted by molar-refractivity contribution is 7.14. The fourth-order valence-electron chi connectivity index (χ4n) is 4.61. The number of nitrogens with zero attached hydrogens (tertiary/aromatic N) is 4. The number of carbonyl (C=O) groups excluding carboxylic acids is 2. The summed E-state index contributed by atoms with van der Waals surface area (Å²) in [6.07, 6.45) is 7.75. The van der Waals surface area contributed by atoms with Gasteiger partial charge in [-0.05, 0) is 68.2 Å². The molecule has 1 atom stereocenters. The van der Waals surface area contributed by atoms with Crippen molar-refractivity contribution in [2.24, 2.45) is 5.92 Å². The third-order valence-corrected chi connectivity index (χ3v) is 7.91. The van der Waals surface area contributed by atoms with E-state index in [4.69, 9.17) is 0 Å². The summed E-state index contributed by atoms with van der Waals surface area (Å²) in [7, 11) is 0. The number of anilines is 1. The summed E-state index contributed by atoms with van der Waals surface area (Å²) in [5.41, 5.74) is 0. The van der Waals surface area contributed by atoms with Gasteiger partial charge < -0.3 is 15.1 Å². The summed E-state index contributed by atoms with van der Waals surface area (Å²) in [5, 5.41) is 11.3. The Morgan fingerprint density at radius 1 is 1.06 bits per heavy atom. The minimum atomic E-state index is 0.0132. The zero-order valence-corrected chi connectivity index (χ0v) is 18.5. The Kier molecular flexibility index (Phi) is 5.89. The molecule has 0 radical (unpaired) electrons. The second-order valence-electron chi connectivity index (χ2n) is 8.99. The van der Waals surface area contributed by atoms with Gasteiger partial charge in [-0.3, -0.25) is 9.59 Å². The Labute approximate surface area is 186 Å². The number of thiophene rings is 1. The van der Waals surface area contributed by atoms with Crippen LogP contribution in [0.25, 0.3) is 0 Å². The van der Waals surface area contributed by atoms with E-state index in [0.717, 1.165) is 62.6 Å². The topological polar surface area (TPSA) is 78.4 Å². The third kappa shape index (κ3) is 4.89. The molecular weight excluding hydrogens is 410 g/mol. The molecule has 0 bridgehead atoms. The maximum atomic E-state index is 12.8. The zero-order valence-electron chi connectivity index (χ0n) is 17.7. The Morgan fingerprint density at radius 2 is 1.90 bits per heavy atom. The summed E-state index contributed by atoms with van der Waals surface area (Å²) in [6.45, 7) is 3.32. The largest absolute Gasteiger partial charge is 0.353 e. The van der Waals surface area contributed by atoms with E-state index in [9.17, 15) is 9.59 Å². The number of piperidine rings is 1. The molecule has 2 aromatic rings. The molecule has 1 saturated carbocycles. The van der Waals surface area contributed by atoms with Gasteiger partial charge >= 0.3 is 0 Å². The minimum Gasteiger partial charge on any atom is -0.353 e. The van der Waals surface area contributed by atoms with Gasteiger partial charge in [0, 0.05) is 49.7 Å². The smallest absolute Gasteiger partial charge is 0.261 e. The summed E-state index contributed by atoms with van der Waals surface area (Å²) in [4.78, 5) is 31.4. The highest BCUT2D eigenvalue weighted by atomic mass is 32.1. The third-order valence-electron chi connectivity index (χ3n) is 6.67. The predicted molar refractivity (Wildman–Crippen MR) is 120 cm³/mol. The van der Waals surface area contributed by atoms with Gasteiger partial charge in [0.05, 0.1) is 4.88 Å². The Hall–Kier alpha value is -2.48. The summed E-state index contributed by atoms with van der Waals surface area (Å²) in [5.74, 6) is 2.31. The second-order valence-corrected chi connectivity index (χ2v) is 10.1. The maximum absolute atomic E-state index is 12.8. The lowest BCUT2D eigenvalue weighted by Gasteiger charge is -2.31. The zero-order chi connectivity index (χ0) is 21.2. The van der Waals surface area contributed by atoms with Crippen LogP contribution < -0.4 is 10.2 Å². The van der Waals surface area contributed by atoms with Crippen LogP contribution in [0.15, 0.2) is 30.5 Å². The van der Waals surface area contributed by atoms with Gasteiger partial charge in [-0.2, -0.15) is 5.10 Å². The van der Waals surface area contributed by atoms with E-state index in [1.165, 1.54) is 17.7 Å². The number of nitrogens with one attached hydrogen (secondary N) is 1. The lowest BCUT2D eigenvalue weighted by Crippen LogP contribution is -2.37. The molecule has 2 aromatic heterocycles. The number of aromatic nitrogens is 2. The first-order valence-corrected chi connectivity index (χ1v) is 12.2. The Balaban J connectivity index is 1.11. The van der Waals surface area contributed by atoms with E-state index in [1.807, 2.05) is 23.1 Å². The van der Waals surface area contributed by atoms with E-state index >= 15 is 0 Å². The first-order chi connectivity index (χ1) is 15.2. The van der Waals surface area contributed by atoms with Crippen molar-refractivity contribution in [1.29, 1.82) is 0 Å². The molecule has 7 nitrogen and oxygen atoms in total. The van der Waals surface area contributed by atoms with E-state index < -0.39 is 0 Å². The van der Waals surface area contributed by atoms with Crippen LogP contribution in [0.4, 0.5) is 5.82 Å². The van der Waals surface area contributed by atoms with Crippen molar-refractivity contribution in [1.82, 2.24) is 20.4 Å². The van der Waals surface area contributed by atoms with E-state index in [1.54, 1.807) is 17.5 Å². The molecule has 3 aliphatic rings. The van der Waals surface area contributed by atoms with Gasteiger partial charge in [0.2, 0.25) is 5.91 Å². The van der Waals surface area contributed by atoms with Gasteiger partial charge in [0.1, 0.15) is 0 Å². The molecule has 0 aromatic carbocycles. The summed E-state index contributed by atoms with van der Waals surface area (Å²) in [6, 6.07) is 8.02. The van der Waals surface area contributed by atoms with Crippen molar-refractivity contribution in [2.75, 3.05) is 31.1 Å². The van der Waals surface area contributed by atoms with Crippen LogP contribution in [0.3, 0.4) is 0 Å². The first kappa shape index (κ1) is 20.4. The summed E-state index contributed by atoms with van der Waals surface area (Å²) < 4.78 is 0. The van der Waals surface area contributed by atoms with Gasteiger partial charge in [0.25, 0.3) is 5.91 Å². The van der Waals surface area contributed by atoms with Gasteiger partial charge in [-0.1, -0.05) is 0 Å². The van der Waals surface area contributed by atoms with Crippen molar-refractivity contribution in [3.8, 4) is 0 Å². The minimum absolute atomic E-state index is 0.0132. The molecule has 0 spiro atoms. The van der Waals surface area contributed by atoms with Gasteiger partial charge in [-0.25, -0.2) is 0 Å². The van der Waals surface area contributed by atoms with Gasteiger partial charge in [0.15, 0.2) is 5.82 Å². The van der Waals surface area contributed by atoms with Crippen molar-refractivity contribution < 1.29 is 9.59 Å². The second kappa shape index (κ2) is 8.94. The van der Waals surface area contributed by atoms with E-state index in [-0.39, 0.29) is 11.9 Å². The lowest BCUT2D eigenvalue weighted by atomic mass is 9.95. The molecule has 164 valence electrons. The van der Waals surface area contributed by atoms with Crippen LogP contribution in [0.5, 0.6) is 0 Å². The fraction of sp³-hybridized carbons (Fsp3) is 0.565. The molecule has 1 N–H and O–H groups in total. The molecular formula is C23H29N5O2S. The number of hydrogen-bond acceptors (Lipinski definition) is 6. The average Bonchev–Trinajstić information content (AvgIpc) is 3.27. The quantitative estimate of drug-likeness (QED) is 0.749. The Bertz CT molecular complexity index is 921. The van der Waals surface area contributed by atoms with Crippen LogP contribution in [-0.2, 0) is 4.79 Å². The number of amides is 2. The molecule has 1 unspecified atom stereocenters. The summed E-state index contributed by atoms with van der Waals surface area (Å²) >= 11 is 1.61. The van der Waals surface area contributed by atoms with Crippen molar-refractivity contribution in [2.45, 2.75) is 50.5 Å². The first-order valence-electron chi connectivity index (χ1n) is 11.4. The molecule has 2 saturated heterocycles. The van der Waals surface area contributed by atoms with Crippen molar-refractivity contribution in [3.63, 3.8) is 0 Å². The molecule has 8 heteroatoms. The lowest BCUT2D eigenvalue weighted by molar-refractivity contribution is -0.132. The predicted octanol–water partition coefficient (Wildman–Crippen LogP) is 3.05. The normalized spacial score (nSPS) is 22.0. The SMILES string of the molecule is O=C(NC1CCN(c2cccnn2)C1)c1ccc(C2CCN(C(=O)CC3CC3)CC2)s1. The standard InChI is InChI=1S/C23H29N5O2S/c29-22(14-16-3-4-16)27-11-7-17(8-12-27)19-5-6-20(31-19)23(30)25-18-9-13-28(15-18)21-2-1-10-24-26-21/h1-2,5-6,10,16-18H,3-4,7-9,11-15H2,(H,25,30). The number of carbonyl (C=O) groups is 2. The highest BCUT2D eigenvalue weighted by Crippen LogP contribution is 2.36. The highest BCUT2D eigenvalue weighted by Gasteiger charge is 2.30. The monoisotopic (exact) mass is 439 g/mol. The van der Waals surface area contributed by atoms with Crippen LogP contribution in [0.1, 0.15) is 59.0 Å². The fourth-order valence-corrected chi connectivity index (χ4v) is 5.69. The average molecular weight is 440 g/mol. The molecule has 5 rings (SSSR count). The van der Waals surface area contributed by atoms with E-state index in [2.05, 4.69) is 26.5 Å². The van der Waals surface area contributed by atoms with Crippen LogP contribution >= 0.6 is 11.3 Å². The number of likely N-dealkylation sites (tertiary alicyclic amines) is 1. The van der Waals surface area contributed by atoms with Crippen molar-refractivity contribution in [3.05, 3.63) is 40.2 Å². The van der Waals surface area contributed by atoms with Crippen LogP contribution in [0.2, 0.25) is 0 Å². The molecule has 2 amide bonds. The molecule has 31 heavy (non-hydrogen) atoms. The molecule has 1 aliphatic carbocycles. The number of rotatable bonds is 6. The molecule has 3 fully saturated rings. The van der Waals surface area contributed by atoms with Gasteiger partial charge in [-0.15, -0.1) is 16.4 Å². The number of hydrogen-bond donors (Lipinski definition) is 1. The molecule has 4 heterocycles. The van der Waals surface area contributed by atoms with Crippen molar-refractivity contribution >= 4 is 29.0 Å². The van der Waals surface area contributed by atoms with Crippen LogP contribution in [0, 0.1) is 5.92 Å². The van der Waals surface area contributed by atoms with E-state index in [0.29, 0.717) is 17.7 Å². The van der Waals surface area contributed by atoms with Crippen LogP contribution in [-0.4, -0.2) is 59.1 Å².